The number of hydrogen-bond donors (Lipinski definition) is 1. The van der Waals surface area contributed by atoms with E-state index in [-0.39, 0.29) is 10.5 Å². The summed E-state index contributed by atoms with van der Waals surface area (Å²) < 4.78 is 23.6. The normalized spacial score (nSPS) is 11.3. The van der Waals surface area contributed by atoms with Crippen molar-refractivity contribution in [2.45, 2.75) is 18.7 Å². The van der Waals surface area contributed by atoms with Crippen LogP contribution in [0, 0.1) is 13.8 Å². The SMILES string of the molecule is Cc1cc(C)c(NC(=O)c2ccccc2S(C)(=O)=O)c(Cl)c1. The minimum Gasteiger partial charge on any atom is -0.320 e. The van der Waals surface area contributed by atoms with Gasteiger partial charge in [-0.3, -0.25) is 4.79 Å². The number of hydrogen-bond acceptors (Lipinski definition) is 3. The van der Waals surface area contributed by atoms with Crippen molar-refractivity contribution in [3.63, 3.8) is 0 Å². The molecule has 0 fully saturated rings. The number of carbonyl (C=O) groups excluding carboxylic acids is 1. The van der Waals surface area contributed by atoms with Crippen LogP contribution >= 0.6 is 11.6 Å². The number of rotatable bonds is 3. The Morgan fingerprint density at radius 3 is 2.36 bits per heavy atom. The molecule has 0 saturated carbocycles. The summed E-state index contributed by atoms with van der Waals surface area (Å²) in [5.41, 5.74) is 2.38. The monoisotopic (exact) mass is 337 g/mol. The zero-order valence-electron chi connectivity index (χ0n) is 12.5. The van der Waals surface area contributed by atoms with E-state index < -0.39 is 15.7 Å². The van der Waals surface area contributed by atoms with Crippen LogP contribution in [0.4, 0.5) is 5.69 Å². The number of benzene rings is 2. The van der Waals surface area contributed by atoms with Gasteiger partial charge in [0.15, 0.2) is 9.84 Å². The summed E-state index contributed by atoms with van der Waals surface area (Å²) in [7, 11) is -3.49. The molecule has 1 N–H and O–H groups in total. The van der Waals surface area contributed by atoms with Crippen molar-refractivity contribution in [2.75, 3.05) is 11.6 Å². The summed E-state index contributed by atoms with van der Waals surface area (Å²) in [6.45, 7) is 3.74. The Morgan fingerprint density at radius 2 is 1.77 bits per heavy atom. The van der Waals surface area contributed by atoms with E-state index in [1.54, 1.807) is 18.2 Å². The van der Waals surface area contributed by atoms with Crippen LogP contribution in [0.25, 0.3) is 0 Å². The van der Waals surface area contributed by atoms with Crippen molar-refractivity contribution in [3.8, 4) is 0 Å². The van der Waals surface area contributed by atoms with Gasteiger partial charge in [0.25, 0.3) is 5.91 Å². The smallest absolute Gasteiger partial charge is 0.257 e. The molecule has 2 aromatic carbocycles. The van der Waals surface area contributed by atoms with Crippen LogP contribution in [0.15, 0.2) is 41.3 Å². The number of halogens is 1. The molecule has 0 spiro atoms. The predicted octanol–water partition coefficient (Wildman–Crippen LogP) is 3.61. The molecular weight excluding hydrogens is 322 g/mol. The molecule has 0 heterocycles. The van der Waals surface area contributed by atoms with Gasteiger partial charge in [0.05, 0.1) is 21.2 Å². The van der Waals surface area contributed by atoms with Gasteiger partial charge in [-0.05, 0) is 43.2 Å². The Hall–Kier alpha value is -1.85. The minimum atomic E-state index is -3.49. The van der Waals surface area contributed by atoms with Crippen molar-refractivity contribution in [2.24, 2.45) is 0 Å². The molecule has 22 heavy (non-hydrogen) atoms. The molecule has 116 valence electrons. The van der Waals surface area contributed by atoms with Gasteiger partial charge < -0.3 is 5.32 Å². The maximum atomic E-state index is 12.4. The van der Waals surface area contributed by atoms with Crippen LogP contribution in [0.5, 0.6) is 0 Å². The minimum absolute atomic E-state index is 0.00612. The Bertz CT molecular complexity index is 821. The zero-order valence-corrected chi connectivity index (χ0v) is 14.0. The molecule has 0 radical (unpaired) electrons. The van der Waals surface area contributed by atoms with Gasteiger partial charge in [0, 0.05) is 6.26 Å². The maximum absolute atomic E-state index is 12.4. The molecule has 2 rings (SSSR count). The van der Waals surface area contributed by atoms with Crippen LogP contribution in [0.1, 0.15) is 21.5 Å². The van der Waals surface area contributed by atoms with Gasteiger partial charge in [0.2, 0.25) is 0 Å². The summed E-state index contributed by atoms with van der Waals surface area (Å²) in [5, 5.41) is 3.12. The van der Waals surface area contributed by atoms with Crippen LogP contribution < -0.4 is 5.32 Å². The van der Waals surface area contributed by atoms with E-state index in [4.69, 9.17) is 11.6 Å². The average Bonchev–Trinajstić information content (AvgIpc) is 2.41. The summed E-state index contributed by atoms with van der Waals surface area (Å²) >= 11 is 6.16. The van der Waals surface area contributed by atoms with Crippen molar-refractivity contribution >= 4 is 33.0 Å². The van der Waals surface area contributed by atoms with E-state index in [1.165, 1.54) is 12.1 Å². The highest BCUT2D eigenvalue weighted by Gasteiger charge is 2.19. The first-order valence-electron chi connectivity index (χ1n) is 6.57. The summed E-state index contributed by atoms with van der Waals surface area (Å²) in [6, 6.07) is 9.72. The molecule has 0 atom stereocenters. The lowest BCUT2D eigenvalue weighted by molar-refractivity contribution is 0.102. The largest absolute Gasteiger partial charge is 0.320 e. The maximum Gasteiger partial charge on any atom is 0.257 e. The molecule has 0 aliphatic rings. The number of sulfone groups is 1. The van der Waals surface area contributed by atoms with E-state index in [2.05, 4.69) is 5.32 Å². The first-order chi connectivity index (χ1) is 10.2. The predicted molar refractivity (Wildman–Crippen MR) is 88.4 cm³/mol. The highest BCUT2D eigenvalue weighted by atomic mass is 35.5. The number of amides is 1. The third kappa shape index (κ3) is 3.48. The molecule has 0 aliphatic heterocycles. The lowest BCUT2D eigenvalue weighted by atomic mass is 10.1. The van der Waals surface area contributed by atoms with E-state index >= 15 is 0 Å². The fourth-order valence-electron chi connectivity index (χ4n) is 2.23. The van der Waals surface area contributed by atoms with Crippen LogP contribution in [0.3, 0.4) is 0 Å². The molecule has 0 aliphatic carbocycles. The average molecular weight is 338 g/mol. The second-order valence-corrected chi connectivity index (χ2v) is 7.55. The summed E-state index contributed by atoms with van der Waals surface area (Å²) in [6.07, 6.45) is 1.07. The second kappa shape index (κ2) is 6.10. The molecule has 0 unspecified atom stereocenters. The van der Waals surface area contributed by atoms with Crippen molar-refractivity contribution < 1.29 is 13.2 Å². The van der Waals surface area contributed by atoms with Gasteiger partial charge in [0.1, 0.15) is 0 Å². The first kappa shape index (κ1) is 16.5. The molecule has 0 aromatic heterocycles. The van der Waals surface area contributed by atoms with E-state index in [9.17, 15) is 13.2 Å². The Labute approximate surface area is 135 Å². The fourth-order valence-corrected chi connectivity index (χ4v) is 3.49. The topological polar surface area (TPSA) is 63.2 Å². The van der Waals surface area contributed by atoms with Crippen molar-refractivity contribution in [1.29, 1.82) is 0 Å². The van der Waals surface area contributed by atoms with Crippen molar-refractivity contribution in [1.82, 2.24) is 0 Å². The second-order valence-electron chi connectivity index (χ2n) is 5.16. The van der Waals surface area contributed by atoms with Crippen LogP contribution in [0.2, 0.25) is 5.02 Å². The van der Waals surface area contributed by atoms with Crippen LogP contribution in [-0.4, -0.2) is 20.6 Å². The lowest BCUT2D eigenvalue weighted by Crippen LogP contribution is -2.17. The first-order valence-corrected chi connectivity index (χ1v) is 8.84. The quantitative estimate of drug-likeness (QED) is 0.930. The molecule has 2 aromatic rings. The van der Waals surface area contributed by atoms with Gasteiger partial charge in [-0.25, -0.2) is 8.42 Å². The van der Waals surface area contributed by atoms with Gasteiger partial charge in [-0.1, -0.05) is 29.8 Å². The third-order valence-corrected chi connectivity index (χ3v) is 4.65. The molecule has 4 nitrogen and oxygen atoms in total. The number of carbonyl (C=O) groups is 1. The fraction of sp³-hybridized carbons (Fsp3) is 0.188. The number of aryl methyl sites for hydroxylation is 2. The third-order valence-electron chi connectivity index (χ3n) is 3.20. The highest BCUT2D eigenvalue weighted by molar-refractivity contribution is 7.90. The zero-order chi connectivity index (χ0) is 16.5. The molecule has 1 amide bonds. The Balaban J connectivity index is 2.44. The van der Waals surface area contributed by atoms with E-state index in [1.807, 2.05) is 19.9 Å². The highest BCUT2D eigenvalue weighted by Crippen LogP contribution is 2.28. The number of nitrogens with one attached hydrogen (secondary N) is 1. The molecule has 0 saturated heterocycles. The molecule has 6 heteroatoms. The Kier molecular flexibility index (Phi) is 4.58. The Morgan fingerprint density at radius 1 is 1.14 bits per heavy atom. The van der Waals surface area contributed by atoms with Gasteiger partial charge in [-0.15, -0.1) is 0 Å². The van der Waals surface area contributed by atoms with Crippen molar-refractivity contribution in [3.05, 3.63) is 58.1 Å². The molecule has 0 bridgehead atoms. The summed E-state index contributed by atoms with van der Waals surface area (Å²) in [4.78, 5) is 12.4. The van der Waals surface area contributed by atoms with Gasteiger partial charge >= 0.3 is 0 Å². The van der Waals surface area contributed by atoms with Crippen LogP contribution in [-0.2, 0) is 9.84 Å². The van der Waals surface area contributed by atoms with E-state index in [0.717, 1.165) is 17.4 Å². The molecular formula is C16H16ClNO3S. The summed E-state index contributed by atoms with van der Waals surface area (Å²) in [5.74, 6) is -0.505. The van der Waals surface area contributed by atoms with E-state index in [0.29, 0.717) is 10.7 Å². The number of anilines is 1. The lowest BCUT2D eigenvalue weighted by Gasteiger charge is -2.13. The van der Waals surface area contributed by atoms with Gasteiger partial charge in [-0.2, -0.15) is 0 Å². The standard InChI is InChI=1S/C16H16ClNO3S/c1-10-8-11(2)15(13(17)9-10)18-16(19)12-6-4-5-7-14(12)22(3,20)21/h4-9H,1-3H3,(H,18,19).